The van der Waals surface area contributed by atoms with Crippen LogP contribution in [0.25, 0.3) is 0 Å². The molecule has 0 bridgehead atoms. The summed E-state index contributed by atoms with van der Waals surface area (Å²) in [6.45, 7) is 3.92. The SMILES string of the molecule is Cc1ccc(C(=O)NCCC(C)C(=O)O)n1C. The van der Waals surface area contributed by atoms with Crippen LogP contribution in [-0.2, 0) is 11.8 Å². The second-order valence-electron chi connectivity index (χ2n) is 4.20. The second kappa shape index (κ2) is 5.52. The summed E-state index contributed by atoms with van der Waals surface area (Å²) in [5.41, 5.74) is 1.60. The highest BCUT2D eigenvalue weighted by atomic mass is 16.4. The number of nitrogens with one attached hydrogen (secondary N) is 1. The third-order valence-corrected chi connectivity index (χ3v) is 2.89. The summed E-state index contributed by atoms with van der Waals surface area (Å²) in [5, 5.41) is 11.4. The van der Waals surface area contributed by atoms with Crippen molar-refractivity contribution < 1.29 is 14.7 Å². The van der Waals surface area contributed by atoms with Gasteiger partial charge in [-0.25, -0.2) is 0 Å². The number of amides is 1. The van der Waals surface area contributed by atoms with E-state index in [9.17, 15) is 9.59 Å². The van der Waals surface area contributed by atoms with Gasteiger partial charge >= 0.3 is 5.97 Å². The zero-order chi connectivity index (χ0) is 13.0. The van der Waals surface area contributed by atoms with Gasteiger partial charge < -0.3 is 15.0 Å². The van der Waals surface area contributed by atoms with E-state index in [1.807, 2.05) is 20.0 Å². The van der Waals surface area contributed by atoms with Gasteiger partial charge in [0.1, 0.15) is 5.69 Å². The summed E-state index contributed by atoms with van der Waals surface area (Å²) < 4.78 is 1.80. The predicted octanol–water partition coefficient (Wildman–Crippen LogP) is 1.17. The van der Waals surface area contributed by atoms with E-state index in [1.165, 1.54) is 0 Å². The fraction of sp³-hybridized carbons (Fsp3) is 0.500. The van der Waals surface area contributed by atoms with Crippen LogP contribution in [0.3, 0.4) is 0 Å². The molecule has 1 aromatic heterocycles. The van der Waals surface area contributed by atoms with Crippen molar-refractivity contribution in [1.29, 1.82) is 0 Å². The number of carbonyl (C=O) groups excluding carboxylic acids is 1. The standard InChI is InChI=1S/C12H18N2O3/c1-8(12(16)17)6-7-13-11(15)10-5-4-9(2)14(10)3/h4-5,8H,6-7H2,1-3H3,(H,13,15)(H,16,17). The quantitative estimate of drug-likeness (QED) is 0.809. The number of rotatable bonds is 5. The van der Waals surface area contributed by atoms with Gasteiger partial charge in [0, 0.05) is 19.3 Å². The number of nitrogens with zero attached hydrogens (tertiary/aromatic N) is 1. The van der Waals surface area contributed by atoms with Crippen molar-refractivity contribution in [2.75, 3.05) is 6.54 Å². The van der Waals surface area contributed by atoms with Crippen LogP contribution in [0, 0.1) is 12.8 Å². The van der Waals surface area contributed by atoms with E-state index in [4.69, 9.17) is 5.11 Å². The maximum absolute atomic E-state index is 11.8. The van der Waals surface area contributed by atoms with Crippen molar-refractivity contribution in [1.82, 2.24) is 9.88 Å². The van der Waals surface area contributed by atoms with E-state index < -0.39 is 11.9 Å². The lowest BCUT2D eigenvalue weighted by atomic mass is 10.1. The van der Waals surface area contributed by atoms with Gasteiger partial charge in [-0.3, -0.25) is 9.59 Å². The number of carboxylic acid groups (broad SMARTS) is 1. The molecule has 0 fully saturated rings. The van der Waals surface area contributed by atoms with Crippen molar-refractivity contribution >= 4 is 11.9 Å². The Bertz CT molecular complexity index is 423. The molecule has 1 atom stereocenters. The first-order chi connectivity index (χ1) is 7.93. The molecule has 1 heterocycles. The Balaban J connectivity index is 2.46. The molecule has 0 radical (unpaired) electrons. The summed E-state index contributed by atoms with van der Waals surface area (Å²) in [6.07, 6.45) is 0.435. The molecule has 0 aliphatic rings. The predicted molar refractivity (Wildman–Crippen MR) is 63.9 cm³/mol. The zero-order valence-electron chi connectivity index (χ0n) is 10.4. The highest BCUT2D eigenvalue weighted by Gasteiger charge is 2.13. The molecule has 1 aromatic rings. The Morgan fingerprint density at radius 2 is 2.12 bits per heavy atom. The lowest BCUT2D eigenvalue weighted by Crippen LogP contribution is -2.28. The Morgan fingerprint density at radius 3 is 2.59 bits per heavy atom. The van der Waals surface area contributed by atoms with Gasteiger partial charge in [0.2, 0.25) is 0 Å². The molecule has 0 aliphatic carbocycles. The highest BCUT2D eigenvalue weighted by Crippen LogP contribution is 2.06. The van der Waals surface area contributed by atoms with Crippen LogP contribution in [0.2, 0.25) is 0 Å². The number of hydrogen-bond acceptors (Lipinski definition) is 2. The third kappa shape index (κ3) is 3.34. The lowest BCUT2D eigenvalue weighted by molar-refractivity contribution is -0.141. The molecule has 0 aromatic carbocycles. The monoisotopic (exact) mass is 238 g/mol. The van der Waals surface area contributed by atoms with Crippen molar-refractivity contribution in [2.24, 2.45) is 13.0 Å². The molecular weight excluding hydrogens is 220 g/mol. The van der Waals surface area contributed by atoms with Gasteiger partial charge in [-0.15, -0.1) is 0 Å². The first-order valence-corrected chi connectivity index (χ1v) is 5.56. The fourth-order valence-electron chi connectivity index (χ4n) is 1.46. The van der Waals surface area contributed by atoms with Crippen LogP contribution < -0.4 is 5.32 Å². The lowest BCUT2D eigenvalue weighted by Gasteiger charge is -2.09. The smallest absolute Gasteiger partial charge is 0.306 e. The van der Waals surface area contributed by atoms with Crippen molar-refractivity contribution in [3.8, 4) is 0 Å². The summed E-state index contributed by atoms with van der Waals surface area (Å²) in [7, 11) is 1.82. The normalized spacial score (nSPS) is 12.2. The highest BCUT2D eigenvalue weighted by molar-refractivity contribution is 5.92. The van der Waals surface area contributed by atoms with Crippen molar-refractivity contribution in [2.45, 2.75) is 20.3 Å². The molecule has 1 rings (SSSR count). The van der Waals surface area contributed by atoms with Crippen LogP contribution in [0.4, 0.5) is 0 Å². The molecule has 5 nitrogen and oxygen atoms in total. The molecule has 1 unspecified atom stereocenters. The Hall–Kier alpha value is -1.78. The van der Waals surface area contributed by atoms with Gasteiger partial charge in [-0.2, -0.15) is 0 Å². The average Bonchev–Trinajstić information content (AvgIpc) is 2.59. The molecule has 17 heavy (non-hydrogen) atoms. The van der Waals surface area contributed by atoms with E-state index in [-0.39, 0.29) is 5.91 Å². The minimum atomic E-state index is -0.839. The average molecular weight is 238 g/mol. The largest absolute Gasteiger partial charge is 0.481 e. The zero-order valence-corrected chi connectivity index (χ0v) is 10.4. The van der Waals surface area contributed by atoms with Gasteiger partial charge in [0.05, 0.1) is 5.92 Å². The topological polar surface area (TPSA) is 71.3 Å². The molecule has 94 valence electrons. The molecular formula is C12H18N2O3. The molecule has 0 saturated heterocycles. The van der Waals surface area contributed by atoms with E-state index in [0.29, 0.717) is 18.7 Å². The molecule has 0 aliphatic heterocycles. The first-order valence-electron chi connectivity index (χ1n) is 5.56. The molecule has 1 amide bonds. The van der Waals surface area contributed by atoms with Gasteiger partial charge in [0.15, 0.2) is 0 Å². The number of aliphatic carboxylic acids is 1. The Labute approximate surface area is 100 Å². The second-order valence-corrected chi connectivity index (χ2v) is 4.20. The maximum atomic E-state index is 11.8. The minimum absolute atomic E-state index is 0.168. The van der Waals surface area contributed by atoms with Crippen LogP contribution in [0.1, 0.15) is 29.5 Å². The van der Waals surface area contributed by atoms with E-state index >= 15 is 0 Å². The van der Waals surface area contributed by atoms with Gasteiger partial charge in [-0.1, -0.05) is 6.92 Å². The van der Waals surface area contributed by atoms with Crippen LogP contribution in [-0.4, -0.2) is 28.1 Å². The number of aryl methyl sites for hydroxylation is 1. The van der Waals surface area contributed by atoms with E-state index in [1.54, 1.807) is 17.6 Å². The number of carboxylic acids is 1. The Kier molecular flexibility index (Phi) is 4.31. The molecule has 0 spiro atoms. The summed E-state index contributed by atoms with van der Waals surface area (Å²) in [4.78, 5) is 22.3. The van der Waals surface area contributed by atoms with Gasteiger partial charge in [0.25, 0.3) is 5.91 Å². The number of hydrogen-bond donors (Lipinski definition) is 2. The summed E-state index contributed by atoms with van der Waals surface area (Å²) in [6, 6.07) is 3.63. The summed E-state index contributed by atoms with van der Waals surface area (Å²) in [5.74, 6) is -1.45. The number of carbonyl (C=O) groups is 2. The van der Waals surface area contributed by atoms with E-state index in [0.717, 1.165) is 5.69 Å². The molecule has 2 N–H and O–H groups in total. The van der Waals surface area contributed by atoms with E-state index in [2.05, 4.69) is 5.32 Å². The minimum Gasteiger partial charge on any atom is -0.481 e. The van der Waals surface area contributed by atoms with Crippen molar-refractivity contribution in [3.05, 3.63) is 23.5 Å². The summed E-state index contributed by atoms with van der Waals surface area (Å²) >= 11 is 0. The number of aromatic nitrogens is 1. The first kappa shape index (κ1) is 13.3. The molecule has 5 heteroatoms. The van der Waals surface area contributed by atoms with Crippen molar-refractivity contribution in [3.63, 3.8) is 0 Å². The van der Waals surface area contributed by atoms with Crippen LogP contribution in [0.5, 0.6) is 0 Å². The van der Waals surface area contributed by atoms with Crippen LogP contribution >= 0.6 is 0 Å². The maximum Gasteiger partial charge on any atom is 0.306 e. The molecule has 0 saturated carbocycles. The van der Waals surface area contributed by atoms with Crippen LogP contribution in [0.15, 0.2) is 12.1 Å². The van der Waals surface area contributed by atoms with Gasteiger partial charge in [-0.05, 0) is 25.5 Å². The fourth-order valence-corrected chi connectivity index (χ4v) is 1.46. The third-order valence-electron chi connectivity index (χ3n) is 2.89. The Morgan fingerprint density at radius 1 is 1.47 bits per heavy atom.